The highest BCUT2D eigenvalue weighted by Gasteiger charge is 2.14. The summed E-state index contributed by atoms with van der Waals surface area (Å²) in [7, 11) is 0. The van der Waals surface area contributed by atoms with Gasteiger partial charge in [-0.1, -0.05) is 42.5 Å². The van der Waals surface area contributed by atoms with Crippen LogP contribution >= 0.6 is 0 Å². The third-order valence-corrected chi connectivity index (χ3v) is 4.35. The summed E-state index contributed by atoms with van der Waals surface area (Å²) in [5.74, 6) is -0.159. The fourth-order valence-electron chi connectivity index (χ4n) is 2.86. The number of para-hydroxylation sites is 1. The summed E-state index contributed by atoms with van der Waals surface area (Å²) in [5, 5.41) is 6.08. The van der Waals surface area contributed by atoms with Gasteiger partial charge in [-0.05, 0) is 43.7 Å². The molecule has 0 saturated carbocycles. The Morgan fingerprint density at radius 1 is 1.03 bits per heavy atom. The van der Waals surface area contributed by atoms with Crippen LogP contribution < -0.4 is 10.6 Å². The lowest BCUT2D eigenvalue weighted by atomic mass is 10.1. The number of benzene rings is 2. The maximum atomic E-state index is 12.7. The van der Waals surface area contributed by atoms with Crippen LogP contribution in [0.15, 0.2) is 72.9 Å². The molecule has 0 aliphatic heterocycles. The molecule has 0 fully saturated rings. The molecule has 1 heterocycles. The number of rotatable bonds is 7. The number of nitrogens with one attached hydrogen (secondary N) is 2. The van der Waals surface area contributed by atoms with Crippen molar-refractivity contribution in [3.05, 3.63) is 89.6 Å². The standard InChI is InChI=1S/C23H23N3O3/c1-3-29-23(28)19-11-7-8-12-20(19)26-21-15-18(13-14-24-21)22(27)25-16(2)17-9-5-4-6-10-17/h4-16H,3H2,1-2H3,(H,24,26)(H,25,27). The first-order valence-corrected chi connectivity index (χ1v) is 9.43. The van der Waals surface area contributed by atoms with Crippen LogP contribution in [-0.4, -0.2) is 23.5 Å². The molecule has 3 aromatic rings. The summed E-state index contributed by atoms with van der Waals surface area (Å²) in [6.07, 6.45) is 1.55. The van der Waals surface area contributed by atoms with Gasteiger partial charge in [-0.3, -0.25) is 4.79 Å². The highest BCUT2D eigenvalue weighted by atomic mass is 16.5. The van der Waals surface area contributed by atoms with Crippen LogP contribution in [-0.2, 0) is 4.74 Å². The minimum Gasteiger partial charge on any atom is -0.462 e. The molecule has 1 aromatic heterocycles. The van der Waals surface area contributed by atoms with Crippen LogP contribution in [0.1, 0.15) is 46.2 Å². The minimum absolute atomic E-state index is 0.127. The van der Waals surface area contributed by atoms with Crippen molar-refractivity contribution in [1.29, 1.82) is 0 Å². The predicted molar refractivity (Wildman–Crippen MR) is 112 cm³/mol. The Morgan fingerprint density at radius 2 is 1.76 bits per heavy atom. The van der Waals surface area contributed by atoms with E-state index in [2.05, 4.69) is 15.6 Å². The van der Waals surface area contributed by atoms with E-state index in [0.29, 0.717) is 29.2 Å². The highest BCUT2D eigenvalue weighted by Crippen LogP contribution is 2.21. The second-order valence-corrected chi connectivity index (χ2v) is 6.43. The van der Waals surface area contributed by atoms with Gasteiger partial charge in [0.05, 0.1) is 23.9 Å². The van der Waals surface area contributed by atoms with E-state index < -0.39 is 5.97 Å². The van der Waals surface area contributed by atoms with Crippen molar-refractivity contribution in [2.45, 2.75) is 19.9 Å². The van der Waals surface area contributed by atoms with Gasteiger partial charge in [-0.2, -0.15) is 0 Å². The summed E-state index contributed by atoms with van der Waals surface area (Å²) in [6, 6.07) is 19.9. The largest absolute Gasteiger partial charge is 0.462 e. The van der Waals surface area contributed by atoms with Crippen LogP contribution in [0.4, 0.5) is 11.5 Å². The Morgan fingerprint density at radius 3 is 2.52 bits per heavy atom. The van der Waals surface area contributed by atoms with Crippen molar-refractivity contribution in [2.24, 2.45) is 0 Å². The first-order chi connectivity index (χ1) is 14.1. The van der Waals surface area contributed by atoms with E-state index in [-0.39, 0.29) is 11.9 Å². The van der Waals surface area contributed by atoms with E-state index in [4.69, 9.17) is 4.74 Å². The van der Waals surface area contributed by atoms with Crippen LogP contribution in [0.5, 0.6) is 0 Å². The van der Waals surface area contributed by atoms with Gasteiger partial charge in [0.15, 0.2) is 0 Å². The number of esters is 1. The zero-order chi connectivity index (χ0) is 20.6. The number of hydrogen-bond donors (Lipinski definition) is 2. The quantitative estimate of drug-likeness (QED) is 0.582. The van der Waals surface area contributed by atoms with Crippen LogP contribution in [0.2, 0.25) is 0 Å². The van der Waals surface area contributed by atoms with Crippen LogP contribution in [0.3, 0.4) is 0 Å². The molecule has 0 spiro atoms. The molecule has 0 aliphatic rings. The fourth-order valence-corrected chi connectivity index (χ4v) is 2.86. The third kappa shape index (κ3) is 5.19. The number of carbonyl (C=O) groups is 2. The fraction of sp³-hybridized carbons (Fsp3) is 0.174. The lowest BCUT2D eigenvalue weighted by Crippen LogP contribution is -2.26. The molecule has 2 aromatic carbocycles. The Bertz CT molecular complexity index is 989. The molecule has 1 unspecified atom stereocenters. The lowest BCUT2D eigenvalue weighted by molar-refractivity contribution is 0.0527. The van der Waals surface area contributed by atoms with Gasteiger partial charge in [-0.15, -0.1) is 0 Å². The maximum Gasteiger partial charge on any atom is 0.340 e. The van der Waals surface area contributed by atoms with E-state index in [1.807, 2.05) is 43.3 Å². The van der Waals surface area contributed by atoms with Gasteiger partial charge < -0.3 is 15.4 Å². The molecule has 6 nitrogen and oxygen atoms in total. The summed E-state index contributed by atoms with van der Waals surface area (Å²) in [4.78, 5) is 29.1. The van der Waals surface area contributed by atoms with Crippen molar-refractivity contribution in [3.63, 3.8) is 0 Å². The molecule has 0 radical (unpaired) electrons. The molecule has 0 aliphatic carbocycles. The van der Waals surface area contributed by atoms with Crippen LogP contribution in [0.25, 0.3) is 0 Å². The normalized spacial score (nSPS) is 11.4. The average molecular weight is 389 g/mol. The Balaban J connectivity index is 1.75. The van der Waals surface area contributed by atoms with Gasteiger partial charge in [0, 0.05) is 11.8 Å². The monoisotopic (exact) mass is 389 g/mol. The molecule has 0 bridgehead atoms. The molecule has 1 atom stereocenters. The predicted octanol–water partition coefficient (Wildman–Crippen LogP) is 4.49. The Hall–Kier alpha value is -3.67. The van der Waals surface area contributed by atoms with E-state index in [1.165, 1.54) is 0 Å². The minimum atomic E-state index is -0.416. The molecule has 29 heavy (non-hydrogen) atoms. The summed E-state index contributed by atoms with van der Waals surface area (Å²) < 4.78 is 5.09. The first kappa shape index (κ1) is 20.1. The van der Waals surface area contributed by atoms with Crippen molar-refractivity contribution in [3.8, 4) is 0 Å². The van der Waals surface area contributed by atoms with Crippen molar-refractivity contribution < 1.29 is 14.3 Å². The molecular weight excluding hydrogens is 366 g/mol. The van der Waals surface area contributed by atoms with Crippen molar-refractivity contribution >= 4 is 23.4 Å². The van der Waals surface area contributed by atoms with Crippen molar-refractivity contribution in [1.82, 2.24) is 10.3 Å². The molecule has 1 amide bonds. The number of amides is 1. The second-order valence-electron chi connectivity index (χ2n) is 6.43. The summed E-state index contributed by atoms with van der Waals surface area (Å²) >= 11 is 0. The number of pyridine rings is 1. The second kappa shape index (κ2) is 9.50. The summed E-state index contributed by atoms with van der Waals surface area (Å²) in [5.41, 5.74) is 2.47. The van der Waals surface area contributed by atoms with Crippen molar-refractivity contribution in [2.75, 3.05) is 11.9 Å². The average Bonchev–Trinajstić information content (AvgIpc) is 2.75. The number of nitrogens with zero attached hydrogens (tertiary/aromatic N) is 1. The highest BCUT2D eigenvalue weighted by molar-refractivity contribution is 5.97. The van der Waals surface area contributed by atoms with Gasteiger partial charge >= 0.3 is 5.97 Å². The number of aromatic nitrogens is 1. The molecule has 6 heteroatoms. The SMILES string of the molecule is CCOC(=O)c1ccccc1Nc1cc(C(=O)NC(C)c2ccccc2)ccn1. The maximum absolute atomic E-state index is 12.7. The van der Waals surface area contributed by atoms with E-state index >= 15 is 0 Å². The topological polar surface area (TPSA) is 80.3 Å². The zero-order valence-corrected chi connectivity index (χ0v) is 16.4. The van der Waals surface area contributed by atoms with Gasteiger partial charge in [0.25, 0.3) is 5.91 Å². The summed E-state index contributed by atoms with van der Waals surface area (Å²) in [6.45, 7) is 3.98. The number of anilines is 2. The lowest BCUT2D eigenvalue weighted by Gasteiger charge is -2.15. The Labute approximate surface area is 169 Å². The zero-order valence-electron chi connectivity index (χ0n) is 16.4. The van der Waals surface area contributed by atoms with Gasteiger partial charge in [0.2, 0.25) is 0 Å². The molecule has 148 valence electrons. The number of carbonyl (C=O) groups excluding carboxylic acids is 2. The Kier molecular flexibility index (Phi) is 6.58. The first-order valence-electron chi connectivity index (χ1n) is 9.43. The molecular formula is C23H23N3O3. The van der Waals surface area contributed by atoms with E-state index in [0.717, 1.165) is 5.56 Å². The molecule has 3 rings (SSSR count). The third-order valence-electron chi connectivity index (χ3n) is 4.35. The molecule has 2 N–H and O–H groups in total. The van der Waals surface area contributed by atoms with Crippen LogP contribution in [0, 0.1) is 0 Å². The number of ether oxygens (including phenoxy) is 1. The van der Waals surface area contributed by atoms with E-state index in [9.17, 15) is 9.59 Å². The van der Waals surface area contributed by atoms with Gasteiger partial charge in [-0.25, -0.2) is 9.78 Å². The number of hydrogen-bond acceptors (Lipinski definition) is 5. The van der Waals surface area contributed by atoms with Gasteiger partial charge in [0.1, 0.15) is 5.82 Å². The molecule has 0 saturated heterocycles. The smallest absolute Gasteiger partial charge is 0.340 e. The van der Waals surface area contributed by atoms with E-state index in [1.54, 1.807) is 43.5 Å².